The summed E-state index contributed by atoms with van der Waals surface area (Å²) in [6.45, 7) is 2.20. The molecule has 170 valence electrons. The predicted octanol–water partition coefficient (Wildman–Crippen LogP) is -3.55. The Bertz CT molecular complexity index is 681. The Morgan fingerprint density at radius 2 is 1.17 bits per heavy atom. The number of carboxylic acids is 3. The van der Waals surface area contributed by atoms with Crippen molar-refractivity contribution in [2.24, 2.45) is 11.7 Å². The van der Waals surface area contributed by atoms with Gasteiger partial charge in [-0.3, -0.25) is 24.0 Å². The van der Waals surface area contributed by atoms with Gasteiger partial charge in [0.05, 0.1) is 19.4 Å². The van der Waals surface area contributed by atoms with Gasteiger partial charge in [-0.2, -0.15) is 0 Å². The van der Waals surface area contributed by atoms with Gasteiger partial charge in [-0.1, -0.05) is 13.8 Å². The number of carbonyl (C=O) groups excluding carboxylic acids is 3. The molecule has 0 aliphatic carbocycles. The van der Waals surface area contributed by atoms with Gasteiger partial charge in [-0.05, 0) is 5.92 Å². The first-order chi connectivity index (χ1) is 13.8. The summed E-state index contributed by atoms with van der Waals surface area (Å²) in [6.07, 6.45) is -1.87. The van der Waals surface area contributed by atoms with Crippen LogP contribution in [-0.2, 0) is 28.8 Å². The van der Waals surface area contributed by atoms with Crippen molar-refractivity contribution in [3.8, 4) is 0 Å². The fraction of sp³-hybridized carbons (Fsp3) is 0.625. The summed E-state index contributed by atoms with van der Waals surface area (Å²) in [5, 5.41) is 42.0. The van der Waals surface area contributed by atoms with E-state index in [4.69, 9.17) is 26.2 Å². The maximum atomic E-state index is 12.4. The van der Waals surface area contributed by atoms with Crippen LogP contribution in [0.5, 0.6) is 0 Å². The SMILES string of the molecule is CC(C)C(NC(=O)C(CC(=O)O)NC(=O)C(CC(=O)O)NC(=O)C(N)CO)C(=O)O. The highest BCUT2D eigenvalue weighted by Gasteiger charge is 2.33. The number of aliphatic hydroxyl groups is 1. The summed E-state index contributed by atoms with van der Waals surface area (Å²) >= 11 is 0. The molecule has 14 heteroatoms. The molecule has 0 aliphatic heterocycles. The molecule has 4 atom stereocenters. The summed E-state index contributed by atoms with van der Waals surface area (Å²) in [6, 6.07) is -6.32. The fourth-order valence-corrected chi connectivity index (χ4v) is 2.17. The monoisotopic (exact) mass is 434 g/mol. The van der Waals surface area contributed by atoms with E-state index in [-0.39, 0.29) is 0 Å². The van der Waals surface area contributed by atoms with Crippen molar-refractivity contribution in [3.05, 3.63) is 0 Å². The van der Waals surface area contributed by atoms with Crippen LogP contribution in [0.3, 0.4) is 0 Å². The first-order valence-electron chi connectivity index (χ1n) is 8.74. The van der Waals surface area contributed by atoms with Crippen molar-refractivity contribution < 1.29 is 49.2 Å². The summed E-state index contributed by atoms with van der Waals surface area (Å²) in [4.78, 5) is 69.7. The van der Waals surface area contributed by atoms with E-state index in [1.165, 1.54) is 13.8 Å². The van der Waals surface area contributed by atoms with E-state index in [0.29, 0.717) is 0 Å². The lowest BCUT2D eigenvalue weighted by molar-refractivity contribution is -0.145. The molecular formula is C16H26N4O10. The van der Waals surface area contributed by atoms with E-state index in [2.05, 4.69) is 5.32 Å². The zero-order valence-electron chi connectivity index (χ0n) is 16.3. The van der Waals surface area contributed by atoms with Crippen molar-refractivity contribution in [3.63, 3.8) is 0 Å². The topological polar surface area (TPSA) is 245 Å². The van der Waals surface area contributed by atoms with Crippen LogP contribution in [0.2, 0.25) is 0 Å². The van der Waals surface area contributed by atoms with Gasteiger partial charge in [0.25, 0.3) is 0 Å². The molecule has 0 bridgehead atoms. The Hall–Kier alpha value is -3.26. The number of aliphatic carboxylic acids is 3. The van der Waals surface area contributed by atoms with Crippen LogP contribution in [0.15, 0.2) is 0 Å². The Kier molecular flexibility index (Phi) is 11.0. The van der Waals surface area contributed by atoms with Crippen molar-refractivity contribution in [1.29, 1.82) is 0 Å². The zero-order valence-corrected chi connectivity index (χ0v) is 16.3. The van der Waals surface area contributed by atoms with Gasteiger partial charge in [-0.25, -0.2) is 4.79 Å². The van der Waals surface area contributed by atoms with Gasteiger partial charge in [0.2, 0.25) is 17.7 Å². The Labute approximate surface area is 170 Å². The number of aliphatic hydroxyl groups excluding tert-OH is 1. The maximum absolute atomic E-state index is 12.4. The summed E-state index contributed by atoms with van der Waals surface area (Å²) in [7, 11) is 0. The fourth-order valence-electron chi connectivity index (χ4n) is 2.17. The molecule has 3 amide bonds. The Morgan fingerprint density at radius 3 is 1.50 bits per heavy atom. The van der Waals surface area contributed by atoms with Crippen LogP contribution in [0.4, 0.5) is 0 Å². The van der Waals surface area contributed by atoms with Crippen molar-refractivity contribution in [2.75, 3.05) is 6.61 Å². The van der Waals surface area contributed by atoms with Crippen molar-refractivity contribution >= 4 is 35.6 Å². The lowest BCUT2D eigenvalue weighted by Gasteiger charge is -2.24. The minimum Gasteiger partial charge on any atom is -0.481 e. The third-order valence-electron chi connectivity index (χ3n) is 3.79. The van der Waals surface area contributed by atoms with E-state index in [0.717, 1.165) is 0 Å². The van der Waals surface area contributed by atoms with E-state index in [1.54, 1.807) is 0 Å². The van der Waals surface area contributed by atoms with Crippen LogP contribution in [0, 0.1) is 5.92 Å². The smallest absolute Gasteiger partial charge is 0.326 e. The number of hydrogen-bond donors (Lipinski definition) is 8. The third-order valence-corrected chi connectivity index (χ3v) is 3.79. The lowest BCUT2D eigenvalue weighted by atomic mass is 10.0. The molecule has 0 spiro atoms. The Morgan fingerprint density at radius 1 is 0.767 bits per heavy atom. The summed E-state index contributed by atoms with van der Waals surface area (Å²) in [5.41, 5.74) is 5.28. The molecule has 0 fully saturated rings. The molecule has 4 unspecified atom stereocenters. The van der Waals surface area contributed by atoms with Crippen LogP contribution in [-0.4, -0.2) is 86.8 Å². The maximum Gasteiger partial charge on any atom is 0.326 e. The van der Waals surface area contributed by atoms with Crippen molar-refractivity contribution in [2.45, 2.75) is 50.9 Å². The normalized spacial score (nSPS) is 14.7. The van der Waals surface area contributed by atoms with Gasteiger partial charge in [0.15, 0.2) is 0 Å². The number of hydrogen-bond acceptors (Lipinski definition) is 8. The molecule has 0 aliphatic rings. The molecule has 0 aromatic rings. The average Bonchev–Trinajstić information content (AvgIpc) is 2.62. The standard InChI is InChI=1S/C16H26N4O10/c1-6(2)12(16(29)30)20-15(28)9(4-11(24)25)19-14(27)8(3-10(22)23)18-13(26)7(17)5-21/h6-9,12,21H,3-5,17H2,1-2H3,(H,18,26)(H,19,27)(H,20,28)(H,22,23)(H,24,25)(H,29,30). The van der Waals surface area contributed by atoms with Crippen molar-refractivity contribution in [1.82, 2.24) is 16.0 Å². The largest absolute Gasteiger partial charge is 0.481 e. The molecule has 0 aromatic heterocycles. The molecule has 30 heavy (non-hydrogen) atoms. The second-order valence-electron chi connectivity index (χ2n) is 6.68. The Balaban J connectivity index is 5.51. The quantitative estimate of drug-likeness (QED) is 0.141. The van der Waals surface area contributed by atoms with Gasteiger partial charge in [-0.15, -0.1) is 0 Å². The summed E-state index contributed by atoms with van der Waals surface area (Å²) < 4.78 is 0. The van der Waals surface area contributed by atoms with E-state index in [9.17, 15) is 28.8 Å². The predicted molar refractivity (Wildman–Crippen MR) is 97.8 cm³/mol. The number of nitrogens with one attached hydrogen (secondary N) is 3. The molecule has 0 radical (unpaired) electrons. The average molecular weight is 434 g/mol. The van der Waals surface area contributed by atoms with Crippen LogP contribution in [0.25, 0.3) is 0 Å². The second kappa shape index (κ2) is 12.3. The number of nitrogens with two attached hydrogens (primary N) is 1. The highest BCUT2D eigenvalue weighted by atomic mass is 16.4. The molecule has 0 rings (SSSR count). The minimum atomic E-state index is -1.75. The van der Waals surface area contributed by atoms with Gasteiger partial charge < -0.3 is 42.1 Å². The van der Waals surface area contributed by atoms with Crippen LogP contribution in [0.1, 0.15) is 26.7 Å². The first kappa shape index (κ1) is 26.7. The number of carboxylic acid groups (broad SMARTS) is 3. The highest BCUT2D eigenvalue weighted by molar-refractivity contribution is 5.96. The van der Waals surface area contributed by atoms with Gasteiger partial charge in [0, 0.05) is 0 Å². The molecular weight excluding hydrogens is 408 g/mol. The molecule has 0 aromatic carbocycles. The molecule has 0 heterocycles. The number of rotatable bonds is 13. The van der Waals surface area contributed by atoms with Gasteiger partial charge >= 0.3 is 17.9 Å². The second-order valence-corrected chi connectivity index (χ2v) is 6.68. The molecule has 0 saturated heterocycles. The van der Waals surface area contributed by atoms with E-state index >= 15 is 0 Å². The third kappa shape index (κ3) is 9.29. The van der Waals surface area contributed by atoms with E-state index < -0.39 is 85.2 Å². The number of carbonyl (C=O) groups is 6. The molecule has 14 nitrogen and oxygen atoms in total. The highest BCUT2D eigenvalue weighted by Crippen LogP contribution is 2.04. The molecule has 9 N–H and O–H groups in total. The lowest BCUT2D eigenvalue weighted by Crippen LogP contribution is -2.58. The zero-order chi connectivity index (χ0) is 23.6. The number of amides is 3. The van der Waals surface area contributed by atoms with E-state index in [1.807, 2.05) is 10.6 Å². The van der Waals surface area contributed by atoms with Crippen LogP contribution >= 0.6 is 0 Å². The summed E-state index contributed by atoms with van der Waals surface area (Å²) in [5.74, 6) is -8.35. The first-order valence-corrected chi connectivity index (χ1v) is 8.74. The van der Waals surface area contributed by atoms with Crippen LogP contribution < -0.4 is 21.7 Å². The minimum absolute atomic E-state index is 0.563. The molecule has 0 saturated carbocycles. The van der Waals surface area contributed by atoms with Gasteiger partial charge in [0.1, 0.15) is 24.2 Å².